The molecule has 5 heteroatoms. The Hall–Kier alpha value is -7.89. The molecule has 0 spiro atoms. The van der Waals surface area contributed by atoms with E-state index in [1.54, 1.807) is 0 Å². The number of pyridine rings is 1. The number of allylic oxidation sites excluding steroid dienone is 1. The van der Waals surface area contributed by atoms with Gasteiger partial charge in [0.25, 0.3) is 0 Å². The molecule has 11 rings (SSSR count). The largest absolute Gasteiger partial charge is 0.294 e. The van der Waals surface area contributed by atoms with E-state index in [2.05, 4.69) is 204 Å². The van der Waals surface area contributed by atoms with Crippen molar-refractivity contribution in [2.24, 2.45) is 9.98 Å². The lowest BCUT2D eigenvalue weighted by molar-refractivity contribution is 1.07. The standard InChI is InChI=1S/C54H37N5/c1-55-51(34-47(41-30-28-40(29-31-41)38-16-6-3-7-17-38)56-35-36-24-26-39(27-25-36)37-14-4-2-5-15-37)58-48-22-12-10-20-45(48)52-50(58)33-32-43-42-18-8-9-19-44(42)54-57-46-21-11-13-23-49(46)59(54)53(43)52/h2-34H,1,35H2/b51-34+,56-47?. The van der Waals surface area contributed by atoms with Crippen molar-refractivity contribution in [3.8, 4) is 22.3 Å². The lowest BCUT2D eigenvalue weighted by Gasteiger charge is -2.13. The third-order valence-electron chi connectivity index (χ3n) is 11.5. The molecule has 11 aromatic rings. The van der Waals surface area contributed by atoms with Gasteiger partial charge in [0.15, 0.2) is 0 Å². The van der Waals surface area contributed by atoms with Crippen LogP contribution in [0.15, 0.2) is 210 Å². The highest BCUT2D eigenvalue weighted by atomic mass is 15.1. The summed E-state index contributed by atoms with van der Waals surface area (Å²) in [5.74, 6) is 0.688. The van der Waals surface area contributed by atoms with E-state index in [4.69, 9.17) is 15.0 Å². The van der Waals surface area contributed by atoms with Gasteiger partial charge in [0.2, 0.25) is 0 Å². The summed E-state index contributed by atoms with van der Waals surface area (Å²) >= 11 is 0. The maximum atomic E-state index is 5.31. The molecule has 0 radical (unpaired) electrons. The average molecular weight is 756 g/mol. The monoisotopic (exact) mass is 755 g/mol. The van der Waals surface area contributed by atoms with Gasteiger partial charge in [-0.1, -0.05) is 170 Å². The number of hydrogen-bond acceptors (Lipinski definition) is 3. The Labute approximate surface area is 341 Å². The van der Waals surface area contributed by atoms with E-state index in [-0.39, 0.29) is 0 Å². The molecular formula is C54H37N5. The molecular weight excluding hydrogens is 719 g/mol. The van der Waals surface area contributed by atoms with Gasteiger partial charge >= 0.3 is 0 Å². The van der Waals surface area contributed by atoms with Crippen LogP contribution in [-0.2, 0) is 6.54 Å². The number of fused-ring (bicyclic) bond motifs is 12. The molecule has 0 N–H and O–H groups in total. The summed E-state index contributed by atoms with van der Waals surface area (Å²) in [5.41, 5.74) is 13.8. The number of imidazole rings is 1. The Bertz CT molecular complexity index is 3440. The molecule has 3 heterocycles. The minimum Gasteiger partial charge on any atom is -0.294 e. The summed E-state index contributed by atoms with van der Waals surface area (Å²) in [6, 6.07) is 68.3. The number of nitrogens with zero attached hydrogens (tertiary/aromatic N) is 5. The average Bonchev–Trinajstić information content (AvgIpc) is 3.87. The summed E-state index contributed by atoms with van der Waals surface area (Å²) in [6.07, 6.45) is 2.08. The van der Waals surface area contributed by atoms with E-state index in [0.29, 0.717) is 12.4 Å². The molecule has 0 saturated carbocycles. The third-order valence-corrected chi connectivity index (χ3v) is 11.5. The second-order valence-electron chi connectivity index (χ2n) is 14.9. The minimum absolute atomic E-state index is 0.502. The molecule has 0 aliphatic heterocycles. The summed E-state index contributed by atoms with van der Waals surface area (Å²) < 4.78 is 4.58. The molecule has 5 nitrogen and oxygen atoms in total. The van der Waals surface area contributed by atoms with E-state index in [0.717, 1.165) is 71.8 Å². The molecule has 0 aliphatic carbocycles. The Balaban J connectivity index is 1.12. The molecule has 8 aromatic carbocycles. The molecule has 0 aliphatic rings. The number of hydrogen-bond donors (Lipinski definition) is 0. The number of rotatable bonds is 8. The molecule has 0 fully saturated rings. The minimum atomic E-state index is 0.502. The van der Waals surface area contributed by atoms with Gasteiger partial charge in [-0.3, -0.25) is 14.0 Å². The third kappa shape index (κ3) is 5.82. The van der Waals surface area contributed by atoms with Crippen LogP contribution in [0, 0.1) is 0 Å². The van der Waals surface area contributed by atoms with Crippen molar-refractivity contribution in [1.82, 2.24) is 14.0 Å². The van der Waals surface area contributed by atoms with Crippen LogP contribution >= 0.6 is 0 Å². The maximum absolute atomic E-state index is 5.31. The first kappa shape index (κ1) is 34.4. The maximum Gasteiger partial charge on any atom is 0.146 e. The van der Waals surface area contributed by atoms with Crippen molar-refractivity contribution < 1.29 is 0 Å². The Morgan fingerprint density at radius 2 is 1.08 bits per heavy atom. The first-order chi connectivity index (χ1) is 29.2. The van der Waals surface area contributed by atoms with Crippen molar-refractivity contribution in [2.45, 2.75) is 6.54 Å². The Kier molecular flexibility index (Phi) is 8.30. The molecule has 0 saturated heterocycles. The summed E-state index contributed by atoms with van der Waals surface area (Å²) in [4.78, 5) is 15.3. The SMILES string of the molecule is C=N/C(=C\C(=NCc1ccc(-c2ccccc2)cc1)c1ccc(-c2ccccc2)cc1)n1c2ccccc2c2c1ccc1c3ccccc3c3nc4ccccc4n3c12. The van der Waals surface area contributed by atoms with Crippen LogP contribution in [0.4, 0.5) is 0 Å². The second kappa shape index (κ2) is 14.2. The van der Waals surface area contributed by atoms with E-state index in [9.17, 15) is 0 Å². The highest BCUT2D eigenvalue weighted by Gasteiger charge is 2.21. The number of benzene rings is 8. The van der Waals surface area contributed by atoms with Crippen LogP contribution in [-0.4, -0.2) is 26.4 Å². The van der Waals surface area contributed by atoms with Gasteiger partial charge in [0.1, 0.15) is 11.5 Å². The molecule has 0 amide bonds. The van der Waals surface area contributed by atoms with Crippen LogP contribution in [0.5, 0.6) is 0 Å². The molecule has 0 unspecified atom stereocenters. The van der Waals surface area contributed by atoms with Gasteiger partial charge in [-0.15, -0.1) is 0 Å². The normalized spacial score (nSPS) is 12.4. The smallest absolute Gasteiger partial charge is 0.146 e. The number of aliphatic imine (C=N–C) groups is 2. The lowest BCUT2D eigenvalue weighted by atomic mass is 10.0. The van der Waals surface area contributed by atoms with Crippen LogP contribution < -0.4 is 0 Å². The molecule has 0 atom stereocenters. The van der Waals surface area contributed by atoms with Crippen LogP contribution in [0.3, 0.4) is 0 Å². The van der Waals surface area contributed by atoms with Crippen molar-refractivity contribution in [3.05, 3.63) is 211 Å². The zero-order chi connectivity index (χ0) is 39.3. The highest BCUT2D eigenvalue weighted by molar-refractivity contribution is 6.27. The van der Waals surface area contributed by atoms with Crippen molar-refractivity contribution in [1.29, 1.82) is 0 Å². The van der Waals surface area contributed by atoms with E-state index >= 15 is 0 Å². The zero-order valence-corrected chi connectivity index (χ0v) is 32.2. The van der Waals surface area contributed by atoms with Crippen LogP contribution in [0.1, 0.15) is 11.1 Å². The fraction of sp³-hybridized carbons (Fsp3) is 0.0185. The van der Waals surface area contributed by atoms with Crippen molar-refractivity contribution >= 4 is 78.4 Å². The van der Waals surface area contributed by atoms with E-state index < -0.39 is 0 Å². The van der Waals surface area contributed by atoms with Gasteiger partial charge in [-0.05, 0) is 69.7 Å². The number of para-hydroxylation sites is 3. The highest BCUT2D eigenvalue weighted by Crippen LogP contribution is 2.41. The lowest BCUT2D eigenvalue weighted by Crippen LogP contribution is -2.03. The zero-order valence-electron chi connectivity index (χ0n) is 32.2. The van der Waals surface area contributed by atoms with Gasteiger partial charge in [0, 0.05) is 27.6 Å². The fourth-order valence-corrected chi connectivity index (χ4v) is 8.68. The molecule has 3 aromatic heterocycles. The topological polar surface area (TPSA) is 47.0 Å². The van der Waals surface area contributed by atoms with Gasteiger partial charge < -0.3 is 0 Å². The summed E-state index contributed by atoms with van der Waals surface area (Å²) in [5, 5.41) is 5.73. The molecule has 0 bridgehead atoms. The van der Waals surface area contributed by atoms with Gasteiger partial charge in [0.05, 0.1) is 39.8 Å². The quantitative estimate of drug-likeness (QED) is 0.113. The predicted molar refractivity (Wildman–Crippen MR) is 249 cm³/mol. The summed E-state index contributed by atoms with van der Waals surface area (Å²) in [7, 11) is 0. The van der Waals surface area contributed by atoms with Crippen molar-refractivity contribution in [2.75, 3.05) is 0 Å². The first-order valence-corrected chi connectivity index (χ1v) is 19.9. The van der Waals surface area contributed by atoms with Gasteiger partial charge in [-0.25, -0.2) is 9.98 Å². The van der Waals surface area contributed by atoms with Gasteiger partial charge in [-0.2, -0.15) is 0 Å². The number of aromatic nitrogens is 3. The van der Waals surface area contributed by atoms with E-state index in [1.165, 1.54) is 27.5 Å². The summed E-state index contributed by atoms with van der Waals surface area (Å²) in [6.45, 7) is 4.67. The molecule has 59 heavy (non-hydrogen) atoms. The van der Waals surface area contributed by atoms with E-state index in [1.807, 2.05) is 12.1 Å². The predicted octanol–water partition coefficient (Wildman–Crippen LogP) is 13.4. The van der Waals surface area contributed by atoms with Crippen molar-refractivity contribution in [3.63, 3.8) is 0 Å². The second-order valence-corrected chi connectivity index (χ2v) is 14.9. The van der Waals surface area contributed by atoms with Crippen LogP contribution in [0.25, 0.3) is 88.2 Å². The van der Waals surface area contributed by atoms with Crippen LogP contribution in [0.2, 0.25) is 0 Å². The molecule has 278 valence electrons. The Morgan fingerprint density at radius 3 is 1.78 bits per heavy atom. The first-order valence-electron chi connectivity index (χ1n) is 19.9. The fourth-order valence-electron chi connectivity index (χ4n) is 8.68. The Morgan fingerprint density at radius 1 is 0.508 bits per heavy atom.